The zero-order valence-electron chi connectivity index (χ0n) is 11.6. The van der Waals surface area contributed by atoms with Gasteiger partial charge in [0.25, 0.3) is 0 Å². The number of carbonyl (C=O) groups excluding carboxylic acids is 1. The summed E-state index contributed by atoms with van der Waals surface area (Å²) in [4.78, 5) is 11.9. The highest BCUT2D eigenvalue weighted by Gasteiger charge is 2.10. The number of nitrogens with one attached hydrogen (secondary N) is 2. The van der Waals surface area contributed by atoms with Crippen molar-refractivity contribution in [2.24, 2.45) is 0 Å². The summed E-state index contributed by atoms with van der Waals surface area (Å²) in [5.74, 6) is 0.665. The number of hydrogen-bond donors (Lipinski definition) is 3. The summed E-state index contributed by atoms with van der Waals surface area (Å²) in [6, 6.07) is 10.5. The largest absolute Gasteiger partial charge is 0.508 e. The van der Waals surface area contributed by atoms with Gasteiger partial charge >= 0.3 is 6.03 Å². The van der Waals surface area contributed by atoms with E-state index in [9.17, 15) is 9.90 Å². The highest BCUT2D eigenvalue weighted by molar-refractivity contribution is 6.36. The smallest absolute Gasteiger partial charge is 0.322 e. The molecule has 3 N–H and O–H groups in total. The number of aromatic hydroxyl groups is 1. The minimum Gasteiger partial charge on any atom is -0.508 e. The number of anilines is 1. The summed E-state index contributed by atoms with van der Waals surface area (Å²) < 4.78 is 5.49. The molecule has 1 atom stereocenters. The lowest BCUT2D eigenvalue weighted by atomic mass is 10.3. The van der Waals surface area contributed by atoms with Crippen molar-refractivity contribution in [3.8, 4) is 11.5 Å². The normalized spacial score (nSPS) is 11.6. The van der Waals surface area contributed by atoms with Crippen molar-refractivity contribution in [2.45, 2.75) is 13.2 Å². The lowest BCUT2D eigenvalue weighted by Gasteiger charge is -2.17. The van der Waals surface area contributed by atoms with Gasteiger partial charge in [0.2, 0.25) is 0 Å². The van der Waals surface area contributed by atoms with Crippen LogP contribution in [0.2, 0.25) is 10.0 Å². The molecule has 1 unspecified atom stereocenters. The Morgan fingerprint density at radius 2 is 1.86 bits per heavy atom. The minimum atomic E-state index is -0.574. The Morgan fingerprint density at radius 3 is 2.50 bits per heavy atom. The van der Waals surface area contributed by atoms with E-state index < -0.39 is 12.3 Å². The van der Waals surface area contributed by atoms with Crippen LogP contribution < -0.4 is 15.4 Å². The lowest BCUT2D eigenvalue weighted by molar-refractivity contribution is 0.183. The first kappa shape index (κ1) is 16.3. The molecule has 0 spiro atoms. The zero-order chi connectivity index (χ0) is 16.1. The van der Waals surface area contributed by atoms with E-state index in [-0.39, 0.29) is 5.75 Å². The number of phenols is 1. The Balaban J connectivity index is 1.89. The molecule has 2 aromatic carbocycles. The maximum atomic E-state index is 11.9. The van der Waals surface area contributed by atoms with Crippen LogP contribution in [0.15, 0.2) is 42.5 Å². The van der Waals surface area contributed by atoms with Gasteiger partial charge in [-0.25, -0.2) is 4.79 Å². The molecule has 0 radical (unpaired) electrons. The molecule has 7 heteroatoms. The Bertz CT molecular complexity index is 662. The fourth-order valence-electron chi connectivity index (χ4n) is 1.69. The molecule has 2 rings (SSSR count). The second-order valence-electron chi connectivity index (χ2n) is 4.48. The fourth-order valence-corrected chi connectivity index (χ4v) is 2.15. The third-order valence-corrected chi connectivity index (χ3v) is 3.21. The molecule has 0 saturated carbocycles. The van der Waals surface area contributed by atoms with E-state index >= 15 is 0 Å². The number of benzene rings is 2. The Morgan fingerprint density at radius 1 is 1.18 bits per heavy atom. The van der Waals surface area contributed by atoms with Gasteiger partial charge in [-0.2, -0.15) is 0 Å². The molecule has 0 saturated heterocycles. The van der Waals surface area contributed by atoms with Crippen molar-refractivity contribution in [2.75, 3.05) is 5.32 Å². The van der Waals surface area contributed by atoms with Crippen molar-refractivity contribution < 1.29 is 14.6 Å². The van der Waals surface area contributed by atoms with Gasteiger partial charge in [-0.3, -0.25) is 0 Å². The number of hydrogen-bond acceptors (Lipinski definition) is 3. The van der Waals surface area contributed by atoms with Gasteiger partial charge in [0.05, 0.1) is 10.7 Å². The van der Waals surface area contributed by atoms with Crippen LogP contribution in [0.25, 0.3) is 0 Å². The first-order valence-corrected chi connectivity index (χ1v) is 7.18. The van der Waals surface area contributed by atoms with Crippen LogP contribution in [-0.2, 0) is 0 Å². The third kappa shape index (κ3) is 4.72. The topological polar surface area (TPSA) is 70.6 Å². The van der Waals surface area contributed by atoms with Crippen LogP contribution in [0.4, 0.5) is 10.5 Å². The number of phenolic OH excluding ortho intramolecular Hbond substituents is 1. The summed E-state index contributed by atoms with van der Waals surface area (Å²) in [6.45, 7) is 1.68. The number of amides is 2. The number of urea groups is 1. The van der Waals surface area contributed by atoms with Crippen molar-refractivity contribution >= 4 is 34.9 Å². The summed E-state index contributed by atoms with van der Waals surface area (Å²) in [5.41, 5.74) is 0.445. The van der Waals surface area contributed by atoms with E-state index in [1.54, 1.807) is 31.2 Å². The molecular formula is C15H14Cl2N2O3. The van der Waals surface area contributed by atoms with E-state index in [1.165, 1.54) is 18.2 Å². The molecule has 2 amide bonds. The average molecular weight is 341 g/mol. The molecule has 0 aliphatic carbocycles. The molecule has 0 bridgehead atoms. The predicted octanol–water partition coefficient (Wildman–Crippen LogP) is 4.25. The first-order chi connectivity index (χ1) is 10.4. The molecule has 2 aromatic rings. The van der Waals surface area contributed by atoms with E-state index in [0.717, 1.165) is 0 Å². The molecule has 0 aliphatic heterocycles. The third-order valence-electron chi connectivity index (χ3n) is 2.66. The highest BCUT2D eigenvalue weighted by atomic mass is 35.5. The van der Waals surface area contributed by atoms with Gasteiger partial charge in [-0.15, -0.1) is 0 Å². The monoisotopic (exact) mass is 340 g/mol. The van der Waals surface area contributed by atoms with E-state index in [0.29, 0.717) is 21.5 Å². The molecule has 0 heterocycles. The Hall–Kier alpha value is -2.11. The average Bonchev–Trinajstić information content (AvgIpc) is 2.44. The number of ether oxygens (including phenoxy) is 1. The van der Waals surface area contributed by atoms with E-state index in [2.05, 4.69) is 10.6 Å². The second kappa shape index (κ2) is 7.24. The highest BCUT2D eigenvalue weighted by Crippen LogP contribution is 2.25. The van der Waals surface area contributed by atoms with Crippen LogP contribution >= 0.6 is 23.2 Å². The molecule has 5 nitrogen and oxygen atoms in total. The quantitative estimate of drug-likeness (QED) is 0.728. The molecule has 0 fully saturated rings. The van der Waals surface area contributed by atoms with Gasteiger partial charge in [-0.05, 0) is 49.4 Å². The minimum absolute atomic E-state index is 0.142. The summed E-state index contributed by atoms with van der Waals surface area (Å²) in [7, 11) is 0. The van der Waals surface area contributed by atoms with Crippen molar-refractivity contribution in [3.63, 3.8) is 0 Å². The van der Waals surface area contributed by atoms with Gasteiger partial charge in [0.1, 0.15) is 11.5 Å². The van der Waals surface area contributed by atoms with E-state index in [4.69, 9.17) is 27.9 Å². The van der Waals surface area contributed by atoms with Gasteiger partial charge in [-0.1, -0.05) is 23.2 Å². The number of rotatable bonds is 4. The molecular weight excluding hydrogens is 327 g/mol. The van der Waals surface area contributed by atoms with E-state index in [1.807, 2.05) is 0 Å². The lowest BCUT2D eigenvalue weighted by Crippen LogP contribution is -2.39. The number of halogens is 2. The molecule has 0 aliphatic rings. The molecule has 0 aromatic heterocycles. The Labute approximate surface area is 137 Å². The van der Waals surface area contributed by atoms with Gasteiger partial charge in [0, 0.05) is 5.02 Å². The first-order valence-electron chi connectivity index (χ1n) is 6.42. The fraction of sp³-hybridized carbons (Fsp3) is 0.133. The maximum Gasteiger partial charge on any atom is 0.322 e. The zero-order valence-corrected chi connectivity index (χ0v) is 13.2. The summed E-state index contributed by atoms with van der Waals surface area (Å²) >= 11 is 11.8. The molecule has 116 valence electrons. The van der Waals surface area contributed by atoms with Crippen LogP contribution in [0, 0.1) is 0 Å². The SMILES string of the molecule is CC(NC(=O)Nc1ccc(Cl)cc1Cl)Oc1ccc(O)cc1. The summed E-state index contributed by atoms with van der Waals surface area (Å²) in [6.07, 6.45) is -0.574. The van der Waals surface area contributed by atoms with Crippen LogP contribution in [-0.4, -0.2) is 17.4 Å². The van der Waals surface area contributed by atoms with Crippen molar-refractivity contribution in [3.05, 3.63) is 52.5 Å². The molecule has 22 heavy (non-hydrogen) atoms. The van der Waals surface area contributed by atoms with Gasteiger partial charge < -0.3 is 20.5 Å². The van der Waals surface area contributed by atoms with Crippen molar-refractivity contribution in [1.29, 1.82) is 0 Å². The van der Waals surface area contributed by atoms with Crippen LogP contribution in [0.3, 0.4) is 0 Å². The summed E-state index contributed by atoms with van der Waals surface area (Å²) in [5, 5.41) is 15.2. The van der Waals surface area contributed by atoms with Gasteiger partial charge in [0.15, 0.2) is 6.23 Å². The predicted molar refractivity (Wildman–Crippen MR) is 86.8 cm³/mol. The van der Waals surface area contributed by atoms with Crippen LogP contribution in [0.5, 0.6) is 11.5 Å². The standard InChI is InChI=1S/C15H14Cl2N2O3/c1-9(22-12-5-3-11(20)4-6-12)18-15(21)19-14-7-2-10(16)8-13(14)17/h2-9,20H,1H3,(H2,18,19,21). The number of carbonyl (C=O) groups is 1. The Kier molecular flexibility index (Phi) is 5.35. The van der Waals surface area contributed by atoms with Crippen LogP contribution in [0.1, 0.15) is 6.92 Å². The van der Waals surface area contributed by atoms with Crippen molar-refractivity contribution in [1.82, 2.24) is 5.32 Å². The second-order valence-corrected chi connectivity index (χ2v) is 5.32. The maximum absolute atomic E-state index is 11.9.